The highest BCUT2D eigenvalue weighted by atomic mass is 16.1. The summed E-state index contributed by atoms with van der Waals surface area (Å²) in [6, 6.07) is 9.57. The first-order chi connectivity index (χ1) is 7.67. The van der Waals surface area contributed by atoms with Crippen LogP contribution in [-0.2, 0) is 11.2 Å². The zero-order valence-corrected chi connectivity index (χ0v) is 9.86. The maximum absolute atomic E-state index is 11.4. The van der Waals surface area contributed by atoms with Crippen molar-refractivity contribution in [2.24, 2.45) is 5.92 Å². The molecule has 0 radical (unpaired) electrons. The molecule has 1 atom stereocenters. The van der Waals surface area contributed by atoms with Gasteiger partial charge in [-0.15, -0.1) is 0 Å². The van der Waals surface area contributed by atoms with Gasteiger partial charge in [-0.1, -0.05) is 25.5 Å². The molecule has 2 heteroatoms. The van der Waals surface area contributed by atoms with Crippen LogP contribution in [0.15, 0.2) is 24.3 Å². The van der Waals surface area contributed by atoms with Crippen molar-refractivity contribution in [3.63, 3.8) is 0 Å². The second-order valence-electron chi connectivity index (χ2n) is 4.11. The summed E-state index contributed by atoms with van der Waals surface area (Å²) in [4.78, 5) is 11.4. The highest BCUT2D eigenvalue weighted by molar-refractivity contribution is 5.78. The molecule has 1 aromatic rings. The van der Waals surface area contributed by atoms with E-state index >= 15 is 0 Å². The smallest absolute Gasteiger partial charge is 0.133 e. The zero-order valence-electron chi connectivity index (χ0n) is 9.86. The van der Waals surface area contributed by atoms with Crippen molar-refractivity contribution in [1.82, 2.24) is 0 Å². The van der Waals surface area contributed by atoms with Crippen LogP contribution in [-0.4, -0.2) is 5.78 Å². The average molecular weight is 215 g/mol. The van der Waals surface area contributed by atoms with Crippen molar-refractivity contribution in [3.05, 3.63) is 35.4 Å². The Labute approximate surface area is 96.9 Å². The van der Waals surface area contributed by atoms with Crippen LogP contribution in [0.2, 0.25) is 0 Å². The Balaban J connectivity index is 2.70. The summed E-state index contributed by atoms with van der Waals surface area (Å²) in [7, 11) is 0. The van der Waals surface area contributed by atoms with Gasteiger partial charge < -0.3 is 0 Å². The van der Waals surface area contributed by atoms with E-state index in [1.165, 1.54) is 0 Å². The summed E-state index contributed by atoms with van der Waals surface area (Å²) >= 11 is 0. The average Bonchev–Trinajstić information content (AvgIpc) is 2.29. The molecule has 0 aliphatic heterocycles. The molecule has 0 N–H and O–H groups in total. The molecule has 84 valence electrons. The highest BCUT2D eigenvalue weighted by Gasteiger charge is 2.13. The number of benzene rings is 1. The van der Waals surface area contributed by atoms with E-state index in [4.69, 9.17) is 5.26 Å². The Morgan fingerprint density at radius 1 is 1.38 bits per heavy atom. The lowest BCUT2D eigenvalue weighted by molar-refractivity contribution is -0.120. The van der Waals surface area contributed by atoms with Crippen molar-refractivity contribution in [3.8, 4) is 6.07 Å². The van der Waals surface area contributed by atoms with Gasteiger partial charge in [-0.3, -0.25) is 4.79 Å². The van der Waals surface area contributed by atoms with Gasteiger partial charge in [-0.25, -0.2) is 0 Å². The van der Waals surface area contributed by atoms with E-state index < -0.39 is 0 Å². The van der Waals surface area contributed by atoms with Gasteiger partial charge >= 0.3 is 0 Å². The molecule has 0 saturated carbocycles. The predicted octanol–water partition coefficient (Wildman–Crippen LogP) is 3.11. The van der Waals surface area contributed by atoms with Gasteiger partial charge in [-0.05, 0) is 37.5 Å². The molecule has 0 aliphatic carbocycles. The standard InChI is InChI=1S/C14H17NO/c1-3-4-14(11(2)16)9-12-5-7-13(10-15)8-6-12/h5-8,14H,3-4,9H2,1-2H3. The third-order valence-electron chi connectivity index (χ3n) is 2.78. The van der Waals surface area contributed by atoms with E-state index in [1.807, 2.05) is 12.1 Å². The minimum atomic E-state index is 0.123. The lowest BCUT2D eigenvalue weighted by atomic mass is 9.91. The number of carbonyl (C=O) groups is 1. The van der Waals surface area contributed by atoms with Crippen LogP contribution in [0.25, 0.3) is 0 Å². The molecule has 0 bridgehead atoms. The van der Waals surface area contributed by atoms with Crippen LogP contribution in [0.5, 0.6) is 0 Å². The maximum Gasteiger partial charge on any atom is 0.133 e. The summed E-state index contributed by atoms with van der Waals surface area (Å²) in [6.45, 7) is 3.75. The van der Waals surface area contributed by atoms with E-state index in [1.54, 1.807) is 19.1 Å². The first kappa shape index (κ1) is 12.4. The van der Waals surface area contributed by atoms with E-state index in [2.05, 4.69) is 13.0 Å². The number of hydrogen-bond acceptors (Lipinski definition) is 2. The summed E-state index contributed by atoms with van der Waals surface area (Å²) in [5, 5.41) is 8.68. The van der Waals surface area contributed by atoms with Gasteiger partial charge in [0.2, 0.25) is 0 Å². The molecular weight excluding hydrogens is 198 g/mol. The molecule has 0 saturated heterocycles. The summed E-state index contributed by atoms with van der Waals surface area (Å²) in [6.07, 6.45) is 2.75. The Kier molecular flexibility index (Phi) is 4.72. The fraction of sp³-hybridized carbons (Fsp3) is 0.429. The number of nitriles is 1. The van der Waals surface area contributed by atoms with Crippen molar-refractivity contribution < 1.29 is 4.79 Å². The minimum absolute atomic E-state index is 0.123. The molecule has 1 aromatic carbocycles. The highest BCUT2D eigenvalue weighted by Crippen LogP contribution is 2.15. The number of hydrogen-bond donors (Lipinski definition) is 0. The number of Topliss-reactive ketones (excluding diaryl/α,β-unsaturated/α-hetero) is 1. The summed E-state index contributed by atoms with van der Waals surface area (Å²) < 4.78 is 0. The third-order valence-corrected chi connectivity index (χ3v) is 2.78. The monoisotopic (exact) mass is 215 g/mol. The van der Waals surface area contributed by atoms with E-state index in [-0.39, 0.29) is 11.7 Å². The quantitative estimate of drug-likeness (QED) is 0.757. The second kappa shape index (κ2) is 6.07. The number of carbonyl (C=O) groups excluding carboxylic acids is 1. The van der Waals surface area contributed by atoms with Crippen molar-refractivity contribution in [2.75, 3.05) is 0 Å². The van der Waals surface area contributed by atoms with E-state index in [0.29, 0.717) is 5.56 Å². The number of rotatable bonds is 5. The zero-order chi connectivity index (χ0) is 12.0. The summed E-state index contributed by atoms with van der Waals surface area (Å²) in [5.74, 6) is 0.379. The van der Waals surface area contributed by atoms with Gasteiger partial charge in [0.05, 0.1) is 11.6 Å². The van der Waals surface area contributed by atoms with Gasteiger partial charge in [0, 0.05) is 5.92 Å². The van der Waals surface area contributed by atoms with E-state index in [9.17, 15) is 4.79 Å². The number of ketones is 1. The van der Waals surface area contributed by atoms with Gasteiger partial charge in [0.25, 0.3) is 0 Å². The fourth-order valence-electron chi connectivity index (χ4n) is 1.80. The topological polar surface area (TPSA) is 40.9 Å². The predicted molar refractivity (Wildman–Crippen MR) is 63.9 cm³/mol. The molecule has 1 unspecified atom stereocenters. The Morgan fingerprint density at radius 2 is 2.00 bits per heavy atom. The SMILES string of the molecule is CCCC(Cc1ccc(C#N)cc1)C(C)=O. The third kappa shape index (κ3) is 3.51. The molecule has 2 nitrogen and oxygen atoms in total. The number of nitrogens with zero attached hydrogens (tertiary/aromatic N) is 1. The lowest BCUT2D eigenvalue weighted by Gasteiger charge is -2.12. The molecule has 16 heavy (non-hydrogen) atoms. The largest absolute Gasteiger partial charge is 0.300 e. The van der Waals surface area contributed by atoms with Crippen molar-refractivity contribution in [1.29, 1.82) is 5.26 Å². The molecular formula is C14H17NO. The summed E-state index contributed by atoms with van der Waals surface area (Å²) in [5.41, 5.74) is 1.80. The van der Waals surface area contributed by atoms with Crippen LogP contribution >= 0.6 is 0 Å². The Hall–Kier alpha value is -1.62. The van der Waals surface area contributed by atoms with Gasteiger partial charge in [0.1, 0.15) is 5.78 Å². The van der Waals surface area contributed by atoms with Crippen molar-refractivity contribution >= 4 is 5.78 Å². The molecule has 0 heterocycles. The maximum atomic E-state index is 11.4. The van der Waals surface area contributed by atoms with E-state index in [0.717, 1.165) is 24.8 Å². The molecule has 0 aliphatic rings. The second-order valence-corrected chi connectivity index (χ2v) is 4.11. The first-order valence-electron chi connectivity index (χ1n) is 5.66. The lowest BCUT2D eigenvalue weighted by Crippen LogP contribution is -2.13. The van der Waals surface area contributed by atoms with Crippen LogP contribution < -0.4 is 0 Å². The van der Waals surface area contributed by atoms with Gasteiger partial charge in [0.15, 0.2) is 0 Å². The molecule has 1 rings (SSSR count). The molecule has 0 aromatic heterocycles. The van der Waals surface area contributed by atoms with Crippen LogP contribution in [0.4, 0.5) is 0 Å². The van der Waals surface area contributed by atoms with Gasteiger partial charge in [-0.2, -0.15) is 5.26 Å². The minimum Gasteiger partial charge on any atom is -0.300 e. The fourth-order valence-corrected chi connectivity index (χ4v) is 1.80. The normalized spacial score (nSPS) is 11.8. The Morgan fingerprint density at radius 3 is 2.44 bits per heavy atom. The molecule has 0 spiro atoms. The molecule has 0 amide bonds. The Bertz CT molecular complexity index is 386. The first-order valence-corrected chi connectivity index (χ1v) is 5.66. The molecule has 0 fully saturated rings. The van der Waals surface area contributed by atoms with Crippen LogP contribution in [0.3, 0.4) is 0 Å². The van der Waals surface area contributed by atoms with Crippen molar-refractivity contribution in [2.45, 2.75) is 33.1 Å². The van der Waals surface area contributed by atoms with Crippen LogP contribution in [0, 0.1) is 17.2 Å². The van der Waals surface area contributed by atoms with Crippen LogP contribution in [0.1, 0.15) is 37.8 Å².